The van der Waals surface area contributed by atoms with E-state index in [0.717, 1.165) is 22.5 Å². The van der Waals surface area contributed by atoms with E-state index in [2.05, 4.69) is 59.0 Å². The highest BCUT2D eigenvalue weighted by Gasteiger charge is 2.26. The van der Waals surface area contributed by atoms with Gasteiger partial charge in [-0.3, -0.25) is 0 Å². The molecule has 22 heavy (non-hydrogen) atoms. The molecule has 0 aliphatic carbocycles. The molecule has 2 aromatic carbocycles. The molecule has 0 amide bonds. The Morgan fingerprint density at radius 1 is 0.727 bits per heavy atom. The van der Waals surface area contributed by atoms with Gasteiger partial charge in [0.2, 0.25) is 0 Å². The van der Waals surface area contributed by atoms with Gasteiger partial charge in [-0.15, -0.1) is 0 Å². The van der Waals surface area contributed by atoms with Crippen LogP contribution in [0.3, 0.4) is 0 Å². The van der Waals surface area contributed by atoms with Gasteiger partial charge in [0.15, 0.2) is 0 Å². The Labute approximate surface area is 134 Å². The first-order valence-corrected chi connectivity index (χ1v) is 7.79. The van der Waals surface area contributed by atoms with Crippen molar-refractivity contribution in [3.8, 4) is 5.75 Å². The molecular formula is C20H27NO. The van der Waals surface area contributed by atoms with E-state index in [1.807, 2.05) is 30.3 Å². The summed E-state index contributed by atoms with van der Waals surface area (Å²) in [6.07, 6.45) is 0. The zero-order valence-corrected chi connectivity index (χ0v) is 14.5. The van der Waals surface area contributed by atoms with Crippen molar-refractivity contribution < 1.29 is 5.11 Å². The molecule has 0 aromatic heterocycles. The van der Waals surface area contributed by atoms with E-state index in [4.69, 9.17) is 0 Å². The first-order valence-electron chi connectivity index (χ1n) is 7.79. The minimum Gasteiger partial charge on any atom is -0.507 e. The fourth-order valence-corrected chi connectivity index (χ4v) is 2.54. The number of phenols is 1. The fourth-order valence-electron chi connectivity index (χ4n) is 2.54. The van der Waals surface area contributed by atoms with Gasteiger partial charge in [0.25, 0.3) is 0 Å². The summed E-state index contributed by atoms with van der Waals surface area (Å²) in [5, 5.41) is 14.2. The largest absolute Gasteiger partial charge is 0.507 e. The van der Waals surface area contributed by atoms with Crippen LogP contribution in [0.15, 0.2) is 42.5 Å². The van der Waals surface area contributed by atoms with Gasteiger partial charge in [-0.25, -0.2) is 0 Å². The molecule has 0 saturated heterocycles. The van der Waals surface area contributed by atoms with Crippen LogP contribution >= 0.6 is 0 Å². The number of rotatable bonds is 2. The Kier molecular flexibility index (Phi) is 4.23. The van der Waals surface area contributed by atoms with E-state index in [0.29, 0.717) is 5.75 Å². The van der Waals surface area contributed by atoms with Crippen LogP contribution < -0.4 is 5.32 Å². The molecule has 2 nitrogen and oxygen atoms in total. The number of hydrogen-bond donors (Lipinski definition) is 2. The highest BCUT2D eigenvalue weighted by molar-refractivity contribution is 5.65. The van der Waals surface area contributed by atoms with E-state index < -0.39 is 0 Å². The number of nitrogens with one attached hydrogen (secondary N) is 1. The van der Waals surface area contributed by atoms with Crippen molar-refractivity contribution in [3.05, 3.63) is 53.6 Å². The van der Waals surface area contributed by atoms with E-state index in [-0.39, 0.29) is 10.8 Å². The van der Waals surface area contributed by atoms with Crippen LogP contribution in [0.2, 0.25) is 0 Å². The molecule has 2 N–H and O–H groups in total. The zero-order valence-electron chi connectivity index (χ0n) is 14.5. The molecule has 2 aromatic rings. The van der Waals surface area contributed by atoms with Crippen LogP contribution in [-0.2, 0) is 10.8 Å². The minimum absolute atomic E-state index is 0.113. The maximum Gasteiger partial charge on any atom is 0.123 e. The smallest absolute Gasteiger partial charge is 0.123 e. The molecular weight excluding hydrogens is 270 g/mol. The molecule has 0 saturated carbocycles. The third kappa shape index (κ3) is 3.62. The highest BCUT2D eigenvalue weighted by Crippen LogP contribution is 2.41. The number of benzene rings is 2. The zero-order chi connectivity index (χ0) is 16.5. The SMILES string of the molecule is CC(C)(C)c1cc(Nc2ccccc2)cc(C(C)(C)C)c1O. The molecule has 0 heterocycles. The van der Waals surface area contributed by atoms with Gasteiger partial charge in [0.05, 0.1) is 0 Å². The van der Waals surface area contributed by atoms with Crippen molar-refractivity contribution in [1.82, 2.24) is 0 Å². The van der Waals surface area contributed by atoms with Crippen molar-refractivity contribution in [2.45, 2.75) is 52.4 Å². The van der Waals surface area contributed by atoms with Gasteiger partial charge >= 0.3 is 0 Å². The molecule has 0 aliphatic rings. The lowest BCUT2D eigenvalue weighted by Crippen LogP contribution is -2.17. The number of phenolic OH excluding ortho intramolecular Hbond substituents is 1. The van der Waals surface area contributed by atoms with E-state index in [9.17, 15) is 5.11 Å². The molecule has 0 bridgehead atoms. The number of aromatic hydroxyl groups is 1. The van der Waals surface area contributed by atoms with Crippen LogP contribution in [0.25, 0.3) is 0 Å². The molecule has 2 rings (SSSR count). The summed E-state index contributed by atoms with van der Waals surface area (Å²) in [5.41, 5.74) is 3.78. The van der Waals surface area contributed by atoms with Gasteiger partial charge in [-0.05, 0) is 35.1 Å². The monoisotopic (exact) mass is 297 g/mol. The summed E-state index contributed by atoms with van der Waals surface area (Å²) in [6.45, 7) is 12.8. The van der Waals surface area contributed by atoms with Crippen molar-refractivity contribution in [1.29, 1.82) is 0 Å². The van der Waals surface area contributed by atoms with Gasteiger partial charge < -0.3 is 10.4 Å². The van der Waals surface area contributed by atoms with Gasteiger partial charge in [-0.2, -0.15) is 0 Å². The average molecular weight is 297 g/mol. The second kappa shape index (κ2) is 5.68. The predicted octanol–water partition coefficient (Wildman–Crippen LogP) is 5.73. The van der Waals surface area contributed by atoms with Crippen LogP contribution in [0, 0.1) is 0 Å². The van der Waals surface area contributed by atoms with Crippen LogP contribution in [0.1, 0.15) is 52.7 Å². The van der Waals surface area contributed by atoms with Crippen LogP contribution in [-0.4, -0.2) is 5.11 Å². The number of para-hydroxylation sites is 1. The maximum absolute atomic E-state index is 10.7. The lowest BCUT2D eigenvalue weighted by atomic mass is 9.79. The van der Waals surface area contributed by atoms with Crippen molar-refractivity contribution in [2.75, 3.05) is 5.32 Å². The Morgan fingerprint density at radius 2 is 1.18 bits per heavy atom. The normalized spacial score (nSPS) is 12.3. The molecule has 0 unspecified atom stereocenters. The van der Waals surface area contributed by atoms with Crippen molar-refractivity contribution >= 4 is 11.4 Å². The number of hydrogen-bond acceptors (Lipinski definition) is 2. The summed E-state index contributed by atoms with van der Waals surface area (Å²) in [4.78, 5) is 0. The summed E-state index contributed by atoms with van der Waals surface area (Å²) >= 11 is 0. The highest BCUT2D eigenvalue weighted by atomic mass is 16.3. The molecule has 0 fully saturated rings. The molecule has 2 heteroatoms. The summed E-state index contributed by atoms with van der Waals surface area (Å²) in [6, 6.07) is 14.2. The standard InChI is InChI=1S/C20H27NO/c1-19(2,3)16-12-15(21-14-10-8-7-9-11-14)13-17(18(16)22)20(4,5)6/h7-13,21-22H,1-6H3. The predicted molar refractivity (Wildman–Crippen MR) is 95.2 cm³/mol. The summed E-state index contributed by atoms with van der Waals surface area (Å²) < 4.78 is 0. The second-order valence-electron chi connectivity index (χ2n) is 7.91. The first-order chi connectivity index (χ1) is 10.1. The summed E-state index contributed by atoms with van der Waals surface area (Å²) in [5.74, 6) is 0.415. The average Bonchev–Trinajstić information content (AvgIpc) is 2.39. The van der Waals surface area contributed by atoms with Gasteiger partial charge in [0, 0.05) is 22.5 Å². The van der Waals surface area contributed by atoms with Crippen LogP contribution in [0.5, 0.6) is 5.75 Å². The molecule has 0 aliphatic heterocycles. The molecule has 0 atom stereocenters. The van der Waals surface area contributed by atoms with E-state index in [1.54, 1.807) is 0 Å². The Bertz CT molecular complexity index is 611. The third-order valence-electron chi connectivity index (χ3n) is 3.79. The Hall–Kier alpha value is -1.96. The fraction of sp³-hybridized carbons (Fsp3) is 0.400. The molecule has 0 spiro atoms. The molecule has 0 radical (unpaired) electrons. The first kappa shape index (κ1) is 16.4. The quantitative estimate of drug-likeness (QED) is 0.694. The van der Waals surface area contributed by atoms with E-state index in [1.165, 1.54) is 0 Å². The lowest BCUT2D eigenvalue weighted by molar-refractivity contribution is 0.423. The number of anilines is 2. The summed E-state index contributed by atoms with van der Waals surface area (Å²) in [7, 11) is 0. The Balaban J connectivity index is 2.56. The maximum atomic E-state index is 10.7. The van der Waals surface area contributed by atoms with E-state index >= 15 is 0 Å². The van der Waals surface area contributed by atoms with Gasteiger partial charge in [-0.1, -0.05) is 59.7 Å². The minimum atomic E-state index is -0.113. The molecule has 118 valence electrons. The van der Waals surface area contributed by atoms with Gasteiger partial charge in [0.1, 0.15) is 5.75 Å². The van der Waals surface area contributed by atoms with Crippen molar-refractivity contribution in [3.63, 3.8) is 0 Å². The second-order valence-corrected chi connectivity index (χ2v) is 7.91. The Morgan fingerprint density at radius 3 is 1.59 bits per heavy atom. The van der Waals surface area contributed by atoms with Crippen molar-refractivity contribution in [2.24, 2.45) is 0 Å². The van der Waals surface area contributed by atoms with Crippen LogP contribution in [0.4, 0.5) is 11.4 Å². The topological polar surface area (TPSA) is 32.3 Å². The third-order valence-corrected chi connectivity index (χ3v) is 3.79. The lowest BCUT2D eigenvalue weighted by Gasteiger charge is -2.28.